The summed E-state index contributed by atoms with van der Waals surface area (Å²) in [6.45, 7) is 0. The van der Waals surface area contributed by atoms with E-state index in [-0.39, 0.29) is 5.41 Å². The van der Waals surface area contributed by atoms with E-state index < -0.39 is 0 Å². The topological polar surface area (TPSA) is 51.8 Å². The molecule has 7 aromatic carbocycles. The number of para-hydroxylation sites is 1. The number of nitrogens with zero attached hydrogens (tertiary/aromatic N) is 3. The van der Waals surface area contributed by atoms with Crippen LogP contribution in [0.15, 0.2) is 156 Å². The summed E-state index contributed by atoms with van der Waals surface area (Å²) in [4.78, 5) is 15.2. The molecular formula is C53H39N3O. The van der Waals surface area contributed by atoms with Crippen molar-refractivity contribution >= 4 is 32.7 Å². The van der Waals surface area contributed by atoms with Crippen LogP contribution in [0.2, 0.25) is 0 Å². The van der Waals surface area contributed by atoms with Gasteiger partial charge in [-0.05, 0) is 130 Å². The summed E-state index contributed by atoms with van der Waals surface area (Å²) in [6, 6.07) is 54.8. The van der Waals surface area contributed by atoms with E-state index >= 15 is 0 Å². The fraction of sp³-hybridized carbons (Fsp3) is 0.189. The first kappa shape index (κ1) is 31.8. The molecule has 4 heteroatoms. The van der Waals surface area contributed by atoms with Crippen molar-refractivity contribution < 1.29 is 4.42 Å². The average Bonchev–Trinajstić information content (AvgIpc) is 3.79. The lowest BCUT2D eigenvalue weighted by atomic mass is 9.43. The highest BCUT2D eigenvalue weighted by Gasteiger charge is 2.61. The van der Waals surface area contributed by atoms with Crippen molar-refractivity contribution in [2.75, 3.05) is 0 Å². The maximum Gasteiger partial charge on any atom is 0.164 e. The van der Waals surface area contributed by atoms with Gasteiger partial charge < -0.3 is 4.42 Å². The molecule has 4 saturated carbocycles. The SMILES string of the molecule is c1ccc(-c2nc(-c3ccc4cc(-c5cccc6c5-c5ccccc5C65C6CC7CC(C6)CC5C7)ccc4c3)nc(-c3ccc4c(c3)oc3ccccc34)n2)cc1. The lowest BCUT2D eigenvalue weighted by Gasteiger charge is -2.61. The van der Waals surface area contributed by atoms with E-state index in [0.717, 1.165) is 67.7 Å². The van der Waals surface area contributed by atoms with Gasteiger partial charge in [-0.15, -0.1) is 0 Å². The molecule has 1 spiro atoms. The zero-order chi connectivity index (χ0) is 37.2. The molecule has 57 heavy (non-hydrogen) atoms. The summed E-state index contributed by atoms with van der Waals surface area (Å²) in [5, 5.41) is 4.55. The van der Waals surface area contributed by atoms with Crippen LogP contribution in [0.1, 0.15) is 43.2 Å². The van der Waals surface area contributed by atoms with E-state index in [1.807, 2.05) is 36.4 Å². The van der Waals surface area contributed by atoms with E-state index in [0.29, 0.717) is 17.5 Å². The van der Waals surface area contributed by atoms with Gasteiger partial charge in [0.25, 0.3) is 0 Å². The van der Waals surface area contributed by atoms with Gasteiger partial charge in [-0.1, -0.05) is 121 Å². The molecule has 2 heterocycles. The zero-order valence-corrected chi connectivity index (χ0v) is 31.5. The Morgan fingerprint density at radius 1 is 0.421 bits per heavy atom. The van der Waals surface area contributed by atoms with Gasteiger partial charge >= 0.3 is 0 Å². The minimum Gasteiger partial charge on any atom is -0.456 e. The number of furan rings is 1. The Labute approximate surface area is 331 Å². The van der Waals surface area contributed by atoms with Crippen LogP contribution in [-0.2, 0) is 5.41 Å². The Bertz CT molecular complexity index is 3080. The summed E-state index contributed by atoms with van der Waals surface area (Å²) in [5.41, 5.74) is 13.4. The van der Waals surface area contributed by atoms with Crippen molar-refractivity contribution in [1.82, 2.24) is 15.0 Å². The van der Waals surface area contributed by atoms with Crippen LogP contribution in [0.3, 0.4) is 0 Å². The number of fused-ring (bicyclic) bond motifs is 7. The molecular weight excluding hydrogens is 695 g/mol. The zero-order valence-electron chi connectivity index (χ0n) is 31.5. The van der Waals surface area contributed by atoms with Crippen molar-refractivity contribution in [2.45, 2.75) is 37.5 Å². The molecule has 5 aliphatic carbocycles. The van der Waals surface area contributed by atoms with Gasteiger partial charge in [0.1, 0.15) is 11.2 Å². The first-order valence-electron chi connectivity index (χ1n) is 20.7. The van der Waals surface area contributed by atoms with E-state index in [1.165, 1.54) is 59.7 Å². The van der Waals surface area contributed by atoms with Crippen molar-refractivity contribution in [3.63, 3.8) is 0 Å². The highest BCUT2D eigenvalue weighted by Crippen LogP contribution is 2.70. The van der Waals surface area contributed by atoms with Gasteiger partial charge in [-0.2, -0.15) is 0 Å². The molecule has 4 bridgehead atoms. The monoisotopic (exact) mass is 733 g/mol. The lowest BCUT2D eigenvalue weighted by Crippen LogP contribution is -2.55. The Balaban J connectivity index is 0.915. The Morgan fingerprint density at radius 2 is 1.00 bits per heavy atom. The minimum absolute atomic E-state index is 0.168. The van der Waals surface area contributed by atoms with Gasteiger partial charge in [-0.25, -0.2) is 15.0 Å². The molecule has 0 atom stereocenters. The van der Waals surface area contributed by atoms with Gasteiger partial charge in [-0.3, -0.25) is 0 Å². The first-order chi connectivity index (χ1) is 28.2. The highest BCUT2D eigenvalue weighted by molar-refractivity contribution is 6.05. The second-order valence-corrected chi connectivity index (χ2v) is 17.2. The fourth-order valence-electron chi connectivity index (χ4n) is 12.2. The molecule has 0 aliphatic heterocycles. The summed E-state index contributed by atoms with van der Waals surface area (Å²) < 4.78 is 6.26. The smallest absolute Gasteiger partial charge is 0.164 e. The predicted octanol–water partition coefficient (Wildman–Crippen LogP) is 13.3. The second kappa shape index (κ2) is 11.8. The van der Waals surface area contributed by atoms with Crippen LogP contribution in [0.5, 0.6) is 0 Å². The number of hydrogen-bond donors (Lipinski definition) is 0. The fourth-order valence-corrected chi connectivity index (χ4v) is 12.2. The largest absolute Gasteiger partial charge is 0.456 e. The Kier molecular flexibility index (Phi) is 6.59. The summed E-state index contributed by atoms with van der Waals surface area (Å²) in [5.74, 6) is 5.29. The molecule has 0 saturated heterocycles. The third kappa shape index (κ3) is 4.58. The second-order valence-electron chi connectivity index (χ2n) is 17.2. The summed E-state index contributed by atoms with van der Waals surface area (Å²) >= 11 is 0. The quantitative estimate of drug-likeness (QED) is 0.181. The molecule has 4 fully saturated rings. The van der Waals surface area contributed by atoms with Crippen molar-refractivity contribution in [1.29, 1.82) is 0 Å². The van der Waals surface area contributed by atoms with Gasteiger partial charge in [0.2, 0.25) is 0 Å². The van der Waals surface area contributed by atoms with E-state index in [9.17, 15) is 0 Å². The molecule has 0 amide bonds. The van der Waals surface area contributed by atoms with Gasteiger partial charge in [0.15, 0.2) is 17.5 Å². The van der Waals surface area contributed by atoms with Crippen LogP contribution in [0, 0.1) is 23.7 Å². The average molecular weight is 734 g/mol. The molecule has 4 nitrogen and oxygen atoms in total. The summed E-state index contributed by atoms with van der Waals surface area (Å²) in [7, 11) is 0. The van der Waals surface area contributed by atoms with Crippen LogP contribution < -0.4 is 0 Å². The Morgan fingerprint density at radius 3 is 1.79 bits per heavy atom. The van der Waals surface area contributed by atoms with E-state index in [2.05, 4.69) is 115 Å². The Hall–Kier alpha value is -6.39. The van der Waals surface area contributed by atoms with Gasteiger partial charge in [0.05, 0.1) is 0 Å². The standard InChI is InChI=1S/C53H39N3O/c1-2-9-33(10-3-1)50-54-51(56-52(55-50)38-21-22-43-42-11-5-7-16-47(42)57-48(43)30-38)37-20-18-34-28-36(19-17-35(34)29-37)41-13-8-15-46-49(41)44-12-4-6-14-45(44)53(46)39-24-31-23-32(26-39)27-40(53)25-31/h1-22,28-32,39-40H,23-27H2. The van der Waals surface area contributed by atoms with Gasteiger partial charge in [0, 0.05) is 32.9 Å². The third-order valence-corrected chi connectivity index (χ3v) is 14.3. The molecule has 9 aromatic rings. The lowest BCUT2D eigenvalue weighted by molar-refractivity contribution is -0.0399. The molecule has 2 aromatic heterocycles. The maximum atomic E-state index is 6.26. The highest BCUT2D eigenvalue weighted by atomic mass is 16.3. The number of hydrogen-bond acceptors (Lipinski definition) is 4. The van der Waals surface area contributed by atoms with Crippen molar-refractivity contribution in [3.8, 4) is 56.4 Å². The summed E-state index contributed by atoms with van der Waals surface area (Å²) in [6.07, 6.45) is 7.06. The normalized spacial score (nSPS) is 22.8. The predicted molar refractivity (Wildman–Crippen MR) is 230 cm³/mol. The van der Waals surface area contributed by atoms with Crippen LogP contribution in [-0.4, -0.2) is 15.0 Å². The van der Waals surface area contributed by atoms with Crippen molar-refractivity contribution in [2.24, 2.45) is 23.7 Å². The molecule has 0 N–H and O–H groups in total. The molecule has 14 rings (SSSR count). The number of rotatable bonds is 4. The molecule has 0 unspecified atom stereocenters. The van der Waals surface area contributed by atoms with E-state index in [1.54, 1.807) is 11.1 Å². The minimum atomic E-state index is 0.168. The molecule has 0 radical (unpaired) electrons. The van der Waals surface area contributed by atoms with Crippen molar-refractivity contribution in [3.05, 3.63) is 163 Å². The maximum absolute atomic E-state index is 6.26. The third-order valence-electron chi connectivity index (χ3n) is 14.3. The van der Waals surface area contributed by atoms with Crippen LogP contribution >= 0.6 is 0 Å². The number of aromatic nitrogens is 3. The molecule has 272 valence electrons. The van der Waals surface area contributed by atoms with E-state index in [4.69, 9.17) is 19.4 Å². The molecule has 5 aliphatic rings. The first-order valence-corrected chi connectivity index (χ1v) is 20.7. The van der Waals surface area contributed by atoms with Crippen LogP contribution in [0.4, 0.5) is 0 Å². The number of benzene rings is 7. The van der Waals surface area contributed by atoms with Crippen LogP contribution in [0.25, 0.3) is 89.1 Å².